The highest BCUT2D eigenvalue weighted by molar-refractivity contribution is 7.19. The molecule has 1 aliphatic rings. The highest BCUT2D eigenvalue weighted by atomic mass is 32.1. The molecule has 10 heteroatoms. The van der Waals surface area contributed by atoms with Crippen molar-refractivity contribution in [1.82, 2.24) is 29.4 Å². The van der Waals surface area contributed by atoms with E-state index in [4.69, 9.17) is 4.98 Å². The molecule has 0 N–H and O–H groups in total. The van der Waals surface area contributed by atoms with Crippen LogP contribution in [0.1, 0.15) is 46.9 Å². The van der Waals surface area contributed by atoms with Crippen LogP contribution in [0.5, 0.6) is 0 Å². The summed E-state index contributed by atoms with van der Waals surface area (Å²) in [7, 11) is 0. The summed E-state index contributed by atoms with van der Waals surface area (Å²) in [6, 6.07) is 1.06. The molecule has 0 aliphatic heterocycles. The third-order valence-corrected chi connectivity index (χ3v) is 6.42. The van der Waals surface area contributed by atoms with E-state index in [0.717, 1.165) is 41.2 Å². The van der Waals surface area contributed by atoms with E-state index in [2.05, 4.69) is 15.2 Å². The number of thiophene rings is 1. The van der Waals surface area contributed by atoms with Crippen molar-refractivity contribution in [3.05, 3.63) is 40.0 Å². The van der Waals surface area contributed by atoms with Gasteiger partial charge < -0.3 is 0 Å². The summed E-state index contributed by atoms with van der Waals surface area (Å²) in [5.74, 6) is 0.386. The zero-order valence-corrected chi connectivity index (χ0v) is 16.1. The second kappa shape index (κ2) is 6.00. The van der Waals surface area contributed by atoms with E-state index in [1.165, 1.54) is 15.1 Å². The van der Waals surface area contributed by atoms with Crippen LogP contribution < -0.4 is 0 Å². The Bertz CT molecular complexity index is 1200. The van der Waals surface area contributed by atoms with Gasteiger partial charge in [0, 0.05) is 16.5 Å². The zero-order valence-electron chi connectivity index (χ0n) is 15.3. The van der Waals surface area contributed by atoms with Crippen LogP contribution in [0, 0.1) is 6.92 Å². The van der Waals surface area contributed by atoms with Crippen molar-refractivity contribution >= 4 is 27.2 Å². The second-order valence-corrected chi connectivity index (χ2v) is 8.36. The van der Waals surface area contributed by atoms with Crippen LogP contribution in [-0.2, 0) is 25.6 Å². The number of fused-ring (bicyclic) bond motifs is 5. The fourth-order valence-corrected chi connectivity index (χ4v) is 5.02. The molecule has 28 heavy (non-hydrogen) atoms. The van der Waals surface area contributed by atoms with Crippen LogP contribution in [-0.4, -0.2) is 29.4 Å². The van der Waals surface area contributed by atoms with E-state index in [-0.39, 0.29) is 12.5 Å². The fraction of sp³-hybridized carbons (Fsp3) is 0.444. The van der Waals surface area contributed by atoms with Gasteiger partial charge in [-0.25, -0.2) is 14.5 Å². The number of rotatable bonds is 3. The molecule has 1 atom stereocenters. The van der Waals surface area contributed by atoms with Gasteiger partial charge in [-0.15, -0.1) is 16.4 Å². The minimum absolute atomic E-state index is 0.193. The highest BCUT2D eigenvalue weighted by Crippen LogP contribution is 2.38. The molecule has 146 valence electrons. The molecule has 0 radical (unpaired) electrons. The number of alkyl halides is 3. The number of aromatic nitrogens is 6. The van der Waals surface area contributed by atoms with Crippen LogP contribution in [0.4, 0.5) is 13.2 Å². The van der Waals surface area contributed by atoms with Gasteiger partial charge in [0.05, 0.1) is 11.9 Å². The number of halogens is 3. The summed E-state index contributed by atoms with van der Waals surface area (Å²) >= 11 is 1.72. The number of hydrogen-bond donors (Lipinski definition) is 0. The Morgan fingerprint density at radius 2 is 2.07 bits per heavy atom. The Kier molecular flexibility index (Phi) is 3.77. The number of aryl methyl sites for hydroxylation is 3. The molecule has 1 unspecified atom stereocenters. The van der Waals surface area contributed by atoms with E-state index in [1.54, 1.807) is 29.1 Å². The van der Waals surface area contributed by atoms with Crippen molar-refractivity contribution in [1.29, 1.82) is 0 Å². The SMILES string of the molecule is Cc1cc(C(F)(F)F)nn1CC(C)c1nc2c3c4c(sc3ncn2n1)CCC4. The molecular weight excluding hydrogens is 389 g/mol. The molecule has 1 aliphatic carbocycles. The van der Waals surface area contributed by atoms with Crippen LogP contribution in [0.15, 0.2) is 12.4 Å². The largest absolute Gasteiger partial charge is 0.435 e. The van der Waals surface area contributed by atoms with E-state index in [9.17, 15) is 13.2 Å². The van der Waals surface area contributed by atoms with Gasteiger partial charge in [-0.2, -0.15) is 18.3 Å². The molecule has 0 aromatic carbocycles. The lowest BCUT2D eigenvalue weighted by Crippen LogP contribution is -2.12. The zero-order chi connectivity index (χ0) is 19.6. The minimum Gasteiger partial charge on any atom is -0.269 e. The third-order valence-electron chi connectivity index (χ3n) is 5.22. The topological polar surface area (TPSA) is 60.9 Å². The normalized spacial score (nSPS) is 15.6. The van der Waals surface area contributed by atoms with Gasteiger partial charge in [0.15, 0.2) is 17.2 Å². The molecule has 0 bridgehead atoms. The lowest BCUT2D eigenvalue weighted by Gasteiger charge is -2.09. The average Bonchev–Trinajstić information content (AvgIpc) is 3.35. The van der Waals surface area contributed by atoms with Gasteiger partial charge in [0.2, 0.25) is 0 Å². The summed E-state index contributed by atoms with van der Waals surface area (Å²) in [6.45, 7) is 3.79. The molecule has 4 aromatic heterocycles. The van der Waals surface area contributed by atoms with Crippen molar-refractivity contribution in [3.8, 4) is 0 Å². The minimum atomic E-state index is -4.45. The Morgan fingerprint density at radius 1 is 1.25 bits per heavy atom. The van der Waals surface area contributed by atoms with Crippen molar-refractivity contribution in [2.45, 2.75) is 51.7 Å². The first-order valence-corrected chi connectivity index (χ1v) is 9.90. The predicted octanol–water partition coefficient (Wildman–Crippen LogP) is 4.16. The number of hydrogen-bond acceptors (Lipinski definition) is 5. The second-order valence-electron chi connectivity index (χ2n) is 7.27. The molecule has 0 fully saturated rings. The molecule has 5 rings (SSSR count). The molecule has 4 heterocycles. The van der Waals surface area contributed by atoms with Crippen LogP contribution in [0.3, 0.4) is 0 Å². The van der Waals surface area contributed by atoms with Crippen molar-refractivity contribution in [3.63, 3.8) is 0 Å². The van der Waals surface area contributed by atoms with Gasteiger partial charge in [-0.1, -0.05) is 6.92 Å². The Balaban J connectivity index is 1.51. The maximum absolute atomic E-state index is 12.9. The molecule has 0 saturated carbocycles. The molecule has 4 aromatic rings. The first-order chi connectivity index (χ1) is 13.3. The van der Waals surface area contributed by atoms with Gasteiger partial charge in [0.1, 0.15) is 11.2 Å². The first kappa shape index (κ1) is 17.6. The standard InChI is InChI=1S/C18H17F3N6S/c1-9(7-26-10(2)6-13(24-26)18(19,20)21)15-23-16-14-11-4-3-5-12(11)28-17(14)22-8-27(16)25-15/h6,8-9H,3-5,7H2,1-2H3. The Labute approximate surface area is 162 Å². The number of nitrogens with zero attached hydrogens (tertiary/aromatic N) is 6. The third kappa shape index (κ3) is 2.69. The van der Waals surface area contributed by atoms with Crippen LogP contribution in [0.25, 0.3) is 15.9 Å². The summed E-state index contributed by atoms with van der Waals surface area (Å²) in [5.41, 5.74) is 1.68. The van der Waals surface area contributed by atoms with Gasteiger partial charge in [-0.3, -0.25) is 4.68 Å². The quantitative estimate of drug-likeness (QED) is 0.513. The van der Waals surface area contributed by atoms with Gasteiger partial charge in [0.25, 0.3) is 0 Å². The smallest absolute Gasteiger partial charge is 0.269 e. The van der Waals surface area contributed by atoms with Crippen molar-refractivity contribution in [2.75, 3.05) is 0 Å². The van der Waals surface area contributed by atoms with E-state index in [1.807, 2.05) is 6.92 Å². The van der Waals surface area contributed by atoms with Crippen LogP contribution >= 0.6 is 11.3 Å². The van der Waals surface area contributed by atoms with Crippen LogP contribution in [0.2, 0.25) is 0 Å². The van der Waals surface area contributed by atoms with E-state index < -0.39 is 11.9 Å². The maximum Gasteiger partial charge on any atom is 0.435 e. The summed E-state index contributed by atoms with van der Waals surface area (Å²) in [4.78, 5) is 11.6. The molecule has 0 spiro atoms. The molecule has 6 nitrogen and oxygen atoms in total. The highest BCUT2D eigenvalue weighted by Gasteiger charge is 2.34. The lowest BCUT2D eigenvalue weighted by molar-refractivity contribution is -0.141. The van der Waals surface area contributed by atoms with Crippen molar-refractivity contribution < 1.29 is 13.2 Å². The molecule has 0 amide bonds. The van der Waals surface area contributed by atoms with Crippen molar-refractivity contribution in [2.24, 2.45) is 0 Å². The summed E-state index contributed by atoms with van der Waals surface area (Å²) in [6.07, 6.45) is 0.474. The Hall–Kier alpha value is -2.49. The summed E-state index contributed by atoms with van der Waals surface area (Å²) < 4.78 is 41.7. The van der Waals surface area contributed by atoms with Gasteiger partial charge >= 0.3 is 6.18 Å². The van der Waals surface area contributed by atoms with E-state index >= 15 is 0 Å². The maximum atomic E-state index is 12.9. The Morgan fingerprint density at radius 3 is 2.82 bits per heavy atom. The molecule has 0 saturated heterocycles. The van der Waals surface area contributed by atoms with E-state index in [0.29, 0.717) is 11.5 Å². The average molecular weight is 406 g/mol. The predicted molar refractivity (Wildman–Crippen MR) is 98.6 cm³/mol. The summed E-state index contributed by atoms with van der Waals surface area (Å²) in [5, 5.41) is 9.31. The monoisotopic (exact) mass is 406 g/mol. The molecular formula is C18H17F3N6S. The lowest BCUT2D eigenvalue weighted by atomic mass is 10.1. The fourth-order valence-electron chi connectivity index (χ4n) is 3.79. The van der Waals surface area contributed by atoms with Gasteiger partial charge in [-0.05, 0) is 37.8 Å². The first-order valence-electron chi connectivity index (χ1n) is 9.08.